The predicted octanol–water partition coefficient (Wildman–Crippen LogP) is 3.25. The van der Waals surface area contributed by atoms with Gasteiger partial charge in [-0.05, 0) is 24.3 Å². The van der Waals surface area contributed by atoms with Crippen molar-refractivity contribution in [2.75, 3.05) is 5.75 Å². The molecule has 0 spiro atoms. The maximum Gasteiger partial charge on any atom is 0.204 e. The summed E-state index contributed by atoms with van der Waals surface area (Å²) in [5, 5.41) is 8.92. The quantitative estimate of drug-likeness (QED) is 0.737. The van der Waals surface area contributed by atoms with Gasteiger partial charge in [0.1, 0.15) is 6.07 Å². The molecule has 0 amide bonds. The fourth-order valence-electron chi connectivity index (χ4n) is 1.54. The van der Waals surface area contributed by atoms with Crippen molar-refractivity contribution >= 4 is 10.9 Å². The lowest BCUT2D eigenvalue weighted by Gasteiger charge is -2.03. The van der Waals surface area contributed by atoms with E-state index in [9.17, 15) is 0 Å². The van der Waals surface area contributed by atoms with Crippen molar-refractivity contribution in [3.63, 3.8) is 0 Å². The summed E-state index contributed by atoms with van der Waals surface area (Å²) in [6.07, 6.45) is 0. The van der Waals surface area contributed by atoms with E-state index in [1.807, 2.05) is 36.4 Å². The van der Waals surface area contributed by atoms with Gasteiger partial charge in [0.05, 0.1) is 10.9 Å². The van der Waals surface area contributed by atoms with E-state index in [1.54, 1.807) is 0 Å². The van der Waals surface area contributed by atoms with Crippen LogP contribution >= 0.6 is 0 Å². The van der Waals surface area contributed by atoms with Crippen LogP contribution in [0.3, 0.4) is 0 Å². The molecule has 2 rings (SSSR count). The third-order valence-electron chi connectivity index (χ3n) is 2.26. The Bertz CT molecular complexity index is 434. The van der Waals surface area contributed by atoms with Crippen molar-refractivity contribution in [2.24, 2.45) is 0 Å². The number of rotatable bonds is 3. The van der Waals surface area contributed by atoms with Gasteiger partial charge in [0.2, 0.25) is 5.75 Å². The topological polar surface area (TPSA) is 23.8 Å². The zero-order valence-corrected chi connectivity index (χ0v) is 9.65. The first-order valence-electron chi connectivity index (χ1n) is 5.10. The van der Waals surface area contributed by atoms with Gasteiger partial charge in [-0.25, -0.2) is 0 Å². The van der Waals surface area contributed by atoms with Crippen molar-refractivity contribution in [1.29, 1.82) is 5.26 Å². The Balaban J connectivity index is 2.36. The largest absolute Gasteiger partial charge is 0.204 e. The maximum atomic E-state index is 8.92. The molecule has 0 saturated heterocycles. The molecular weight excluding hydrogens is 214 g/mol. The second-order valence-corrected chi connectivity index (χ2v) is 5.33. The average molecular weight is 226 g/mol. The second kappa shape index (κ2) is 5.39. The van der Waals surface area contributed by atoms with E-state index in [0.717, 1.165) is 0 Å². The van der Waals surface area contributed by atoms with Crippen molar-refractivity contribution < 1.29 is 0 Å². The zero-order chi connectivity index (χ0) is 11.2. The fourth-order valence-corrected chi connectivity index (χ4v) is 3.24. The summed E-state index contributed by atoms with van der Waals surface area (Å²) in [6.45, 7) is 0. The average Bonchev–Trinajstić information content (AvgIpc) is 2.38. The molecule has 0 fully saturated rings. The summed E-state index contributed by atoms with van der Waals surface area (Å²) >= 11 is 0. The molecule has 0 aliphatic carbocycles. The fraction of sp³-hybridized carbons (Fsp3) is 0.0714. The zero-order valence-electron chi connectivity index (χ0n) is 8.84. The monoisotopic (exact) mass is 226 g/mol. The third-order valence-corrected chi connectivity index (χ3v) is 4.36. The van der Waals surface area contributed by atoms with E-state index in [4.69, 9.17) is 5.26 Å². The van der Waals surface area contributed by atoms with E-state index in [-0.39, 0.29) is 10.9 Å². The summed E-state index contributed by atoms with van der Waals surface area (Å²) in [7, 11) is -0.112. The van der Waals surface area contributed by atoms with E-state index in [0.29, 0.717) is 5.75 Å². The molecule has 0 bridgehead atoms. The second-order valence-electron chi connectivity index (χ2n) is 3.32. The Morgan fingerprint density at radius 3 is 1.62 bits per heavy atom. The number of hydrogen-bond acceptors (Lipinski definition) is 1. The van der Waals surface area contributed by atoms with Crippen LogP contribution in [0.4, 0.5) is 0 Å². The van der Waals surface area contributed by atoms with E-state index in [2.05, 4.69) is 30.3 Å². The smallest absolute Gasteiger partial charge is 0.193 e. The first-order valence-corrected chi connectivity index (χ1v) is 6.49. The molecule has 0 saturated carbocycles. The third kappa shape index (κ3) is 2.44. The molecule has 0 aromatic heterocycles. The van der Waals surface area contributed by atoms with Gasteiger partial charge in [0, 0.05) is 0 Å². The van der Waals surface area contributed by atoms with Gasteiger partial charge in [0.25, 0.3) is 0 Å². The molecule has 1 nitrogen and oxygen atoms in total. The van der Waals surface area contributed by atoms with E-state index < -0.39 is 0 Å². The Labute approximate surface area is 98.7 Å². The molecule has 0 unspecified atom stereocenters. The van der Waals surface area contributed by atoms with Crippen LogP contribution in [-0.4, -0.2) is 5.75 Å². The molecule has 78 valence electrons. The van der Waals surface area contributed by atoms with Gasteiger partial charge in [-0.15, -0.1) is 0 Å². The van der Waals surface area contributed by atoms with Gasteiger partial charge < -0.3 is 0 Å². The Morgan fingerprint density at radius 1 is 0.812 bits per heavy atom. The van der Waals surface area contributed by atoms with Crippen LogP contribution in [0, 0.1) is 11.3 Å². The summed E-state index contributed by atoms with van der Waals surface area (Å²) in [5.41, 5.74) is 0. The summed E-state index contributed by atoms with van der Waals surface area (Å²) in [4.78, 5) is 2.46. The lowest BCUT2D eigenvalue weighted by Crippen LogP contribution is -2.06. The van der Waals surface area contributed by atoms with Crippen LogP contribution in [0.5, 0.6) is 0 Å². The molecule has 2 aromatic rings. The van der Waals surface area contributed by atoms with Gasteiger partial charge >= 0.3 is 0 Å². The number of nitrogens with zero attached hydrogens (tertiary/aromatic N) is 1. The molecule has 2 aromatic carbocycles. The Morgan fingerprint density at radius 2 is 1.25 bits per heavy atom. The van der Waals surface area contributed by atoms with Crippen LogP contribution in [-0.2, 0) is 10.9 Å². The van der Waals surface area contributed by atoms with Crippen LogP contribution in [0.1, 0.15) is 0 Å². The number of benzene rings is 2. The predicted molar refractivity (Wildman–Crippen MR) is 67.3 cm³/mol. The highest BCUT2D eigenvalue weighted by molar-refractivity contribution is 7.97. The minimum absolute atomic E-state index is 0.112. The molecule has 0 N–H and O–H groups in total. The molecule has 0 atom stereocenters. The highest BCUT2D eigenvalue weighted by Crippen LogP contribution is 2.22. The van der Waals surface area contributed by atoms with Crippen LogP contribution in [0.25, 0.3) is 0 Å². The molecule has 0 aliphatic rings. The van der Waals surface area contributed by atoms with Gasteiger partial charge in [-0.2, -0.15) is 5.26 Å². The SMILES string of the molecule is N#CC[S+](c1ccccc1)c1ccccc1. The highest BCUT2D eigenvalue weighted by Gasteiger charge is 2.23. The van der Waals surface area contributed by atoms with Crippen molar-refractivity contribution in [3.8, 4) is 6.07 Å². The summed E-state index contributed by atoms with van der Waals surface area (Å²) in [5.74, 6) is 0.550. The first kappa shape index (κ1) is 10.8. The van der Waals surface area contributed by atoms with Gasteiger partial charge in [-0.1, -0.05) is 36.4 Å². The summed E-state index contributed by atoms with van der Waals surface area (Å²) in [6, 6.07) is 22.7. The number of nitriles is 1. The lowest BCUT2D eigenvalue weighted by atomic mass is 10.4. The maximum absolute atomic E-state index is 8.92. The van der Waals surface area contributed by atoms with Crippen molar-refractivity contribution in [3.05, 3.63) is 60.7 Å². The van der Waals surface area contributed by atoms with E-state index >= 15 is 0 Å². The molecular formula is C14H12NS+. The van der Waals surface area contributed by atoms with Crippen molar-refractivity contribution in [1.82, 2.24) is 0 Å². The molecule has 0 heterocycles. The van der Waals surface area contributed by atoms with Gasteiger partial charge in [-0.3, -0.25) is 0 Å². The Kier molecular flexibility index (Phi) is 3.63. The molecule has 16 heavy (non-hydrogen) atoms. The number of hydrogen-bond donors (Lipinski definition) is 0. The van der Waals surface area contributed by atoms with E-state index in [1.165, 1.54) is 9.79 Å². The van der Waals surface area contributed by atoms with Crippen LogP contribution < -0.4 is 0 Å². The summed E-state index contributed by atoms with van der Waals surface area (Å²) < 4.78 is 0. The van der Waals surface area contributed by atoms with Gasteiger partial charge in [0.15, 0.2) is 9.79 Å². The molecule has 0 aliphatic heterocycles. The normalized spacial score (nSPS) is 10.0. The minimum atomic E-state index is -0.112. The molecule has 2 heteroatoms. The standard InChI is InChI=1S/C14H12NS/c15-11-12-16(13-7-3-1-4-8-13)14-9-5-2-6-10-14/h1-10H,12H2/q+1. The highest BCUT2D eigenvalue weighted by atomic mass is 32.2. The molecule has 0 radical (unpaired) electrons. The van der Waals surface area contributed by atoms with Crippen LogP contribution in [0.2, 0.25) is 0 Å². The first-order chi connectivity index (χ1) is 7.92. The minimum Gasteiger partial charge on any atom is -0.193 e. The van der Waals surface area contributed by atoms with Crippen LogP contribution in [0.15, 0.2) is 70.5 Å². The lowest BCUT2D eigenvalue weighted by molar-refractivity contribution is 1.36. The van der Waals surface area contributed by atoms with Crippen molar-refractivity contribution in [2.45, 2.75) is 9.79 Å². The Hall–Kier alpha value is -1.72.